The minimum Gasteiger partial charge on any atom is -0.348 e. The van der Waals surface area contributed by atoms with E-state index in [2.05, 4.69) is 20.5 Å². The van der Waals surface area contributed by atoms with Gasteiger partial charge in [0, 0.05) is 37.1 Å². The van der Waals surface area contributed by atoms with Gasteiger partial charge in [0.2, 0.25) is 0 Å². The molecule has 2 aromatic rings. The Kier molecular flexibility index (Phi) is 7.39. The van der Waals surface area contributed by atoms with E-state index in [1.165, 1.54) is 5.56 Å². The Bertz CT molecular complexity index is 792. The quantitative estimate of drug-likeness (QED) is 0.730. The molecule has 6 nitrogen and oxygen atoms in total. The number of rotatable bonds is 6. The second kappa shape index (κ2) is 10.2. The summed E-state index contributed by atoms with van der Waals surface area (Å²) in [5, 5.41) is 5.94. The summed E-state index contributed by atoms with van der Waals surface area (Å²) >= 11 is 6.05. The van der Waals surface area contributed by atoms with Crippen LogP contribution in [-0.2, 0) is 22.7 Å². The summed E-state index contributed by atoms with van der Waals surface area (Å²) in [6.07, 6.45) is 5.64. The molecule has 2 N–H and O–H groups in total. The normalized spacial score (nSPS) is 15.2. The van der Waals surface area contributed by atoms with Crippen LogP contribution >= 0.6 is 11.6 Å². The number of hydrogen-bond acceptors (Lipinski definition) is 4. The van der Waals surface area contributed by atoms with Gasteiger partial charge in [0.25, 0.3) is 0 Å². The molecule has 0 spiro atoms. The lowest BCUT2D eigenvalue weighted by Crippen LogP contribution is -2.43. The number of aromatic nitrogens is 1. The maximum atomic E-state index is 12.0. The summed E-state index contributed by atoms with van der Waals surface area (Å²) in [5.41, 5.74) is 2.05. The molecule has 0 unspecified atom stereocenters. The topological polar surface area (TPSA) is 74.3 Å². The van der Waals surface area contributed by atoms with Crippen LogP contribution in [0.4, 0.5) is 0 Å². The SMILES string of the molecule is O=C(NCc1ccccc1Cl)C(=O)NCC1CCN(Cc2ccncc2)CC1. The molecule has 2 heterocycles. The second-order valence-corrected chi connectivity index (χ2v) is 7.47. The van der Waals surface area contributed by atoms with Crippen molar-refractivity contribution in [2.45, 2.75) is 25.9 Å². The van der Waals surface area contributed by atoms with E-state index in [9.17, 15) is 9.59 Å². The van der Waals surface area contributed by atoms with Crippen LogP contribution < -0.4 is 10.6 Å². The fourth-order valence-electron chi connectivity index (χ4n) is 3.31. The number of nitrogens with zero attached hydrogens (tertiary/aromatic N) is 2. The van der Waals surface area contributed by atoms with Crippen LogP contribution in [0.3, 0.4) is 0 Å². The first-order chi connectivity index (χ1) is 13.6. The van der Waals surface area contributed by atoms with Gasteiger partial charge in [-0.05, 0) is 61.2 Å². The standard InChI is InChI=1S/C21H25ClN4O2/c22-19-4-2-1-3-18(19)14-25-21(28)20(27)24-13-16-7-11-26(12-8-16)15-17-5-9-23-10-6-17/h1-6,9-10,16H,7-8,11-15H2,(H,24,27)(H,25,28). The van der Waals surface area contributed by atoms with Crippen molar-refractivity contribution in [3.05, 3.63) is 64.9 Å². The Labute approximate surface area is 170 Å². The molecular formula is C21H25ClN4O2. The van der Waals surface area contributed by atoms with Crippen molar-refractivity contribution in [2.75, 3.05) is 19.6 Å². The van der Waals surface area contributed by atoms with Crippen molar-refractivity contribution in [1.82, 2.24) is 20.5 Å². The van der Waals surface area contributed by atoms with Crippen LogP contribution in [0.2, 0.25) is 5.02 Å². The van der Waals surface area contributed by atoms with Crippen LogP contribution in [0.25, 0.3) is 0 Å². The molecule has 7 heteroatoms. The van der Waals surface area contributed by atoms with E-state index in [4.69, 9.17) is 11.6 Å². The first kappa shape index (κ1) is 20.3. The molecule has 28 heavy (non-hydrogen) atoms. The minimum absolute atomic E-state index is 0.235. The highest BCUT2D eigenvalue weighted by Gasteiger charge is 2.21. The average Bonchev–Trinajstić information content (AvgIpc) is 2.73. The Balaban J connectivity index is 1.35. The van der Waals surface area contributed by atoms with Gasteiger partial charge in [-0.1, -0.05) is 29.8 Å². The maximum Gasteiger partial charge on any atom is 0.309 e. The summed E-state index contributed by atoms with van der Waals surface area (Å²) in [5.74, 6) is -0.824. The van der Waals surface area contributed by atoms with Crippen molar-refractivity contribution in [3.8, 4) is 0 Å². The predicted octanol–water partition coefficient (Wildman–Crippen LogP) is 2.38. The number of halogens is 1. The minimum atomic E-state index is -0.630. The number of amides is 2. The van der Waals surface area contributed by atoms with Gasteiger partial charge in [-0.15, -0.1) is 0 Å². The van der Waals surface area contributed by atoms with Crippen molar-refractivity contribution < 1.29 is 9.59 Å². The largest absolute Gasteiger partial charge is 0.348 e. The summed E-state index contributed by atoms with van der Waals surface area (Å²) in [4.78, 5) is 30.4. The zero-order valence-electron chi connectivity index (χ0n) is 15.7. The third-order valence-electron chi connectivity index (χ3n) is 5.02. The van der Waals surface area contributed by atoms with Crippen LogP contribution in [0, 0.1) is 5.92 Å². The monoisotopic (exact) mass is 400 g/mol. The smallest absolute Gasteiger partial charge is 0.309 e. The summed E-state index contributed by atoms with van der Waals surface area (Å²) in [6.45, 7) is 3.66. The highest BCUT2D eigenvalue weighted by Crippen LogP contribution is 2.18. The molecule has 0 bridgehead atoms. The van der Waals surface area contributed by atoms with Crippen LogP contribution in [0.5, 0.6) is 0 Å². The van der Waals surface area contributed by atoms with Gasteiger partial charge < -0.3 is 10.6 Å². The van der Waals surface area contributed by atoms with Gasteiger partial charge in [-0.25, -0.2) is 0 Å². The summed E-state index contributed by atoms with van der Waals surface area (Å²) in [7, 11) is 0. The Morgan fingerprint density at radius 3 is 2.43 bits per heavy atom. The maximum absolute atomic E-state index is 12.0. The lowest BCUT2D eigenvalue weighted by Gasteiger charge is -2.32. The number of pyridine rings is 1. The molecule has 0 atom stereocenters. The van der Waals surface area contributed by atoms with Gasteiger partial charge in [-0.2, -0.15) is 0 Å². The molecule has 1 aliphatic heterocycles. The number of carbonyl (C=O) groups excluding carboxylic acids is 2. The van der Waals surface area contributed by atoms with Crippen LogP contribution in [-0.4, -0.2) is 41.3 Å². The van der Waals surface area contributed by atoms with E-state index < -0.39 is 11.8 Å². The molecule has 0 aliphatic carbocycles. The summed E-state index contributed by atoms with van der Waals surface area (Å²) < 4.78 is 0. The molecule has 1 fully saturated rings. The fourth-order valence-corrected chi connectivity index (χ4v) is 3.51. The Morgan fingerprint density at radius 2 is 1.71 bits per heavy atom. The average molecular weight is 401 g/mol. The number of carbonyl (C=O) groups is 2. The van der Waals surface area contributed by atoms with Crippen molar-refractivity contribution >= 4 is 23.4 Å². The molecule has 1 saturated heterocycles. The van der Waals surface area contributed by atoms with Crippen molar-refractivity contribution in [3.63, 3.8) is 0 Å². The Hall–Kier alpha value is -2.44. The van der Waals surface area contributed by atoms with Crippen molar-refractivity contribution in [2.24, 2.45) is 5.92 Å². The molecule has 1 aromatic heterocycles. The third-order valence-corrected chi connectivity index (χ3v) is 5.39. The predicted molar refractivity (Wildman–Crippen MR) is 109 cm³/mol. The lowest BCUT2D eigenvalue weighted by molar-refractivity contribution is -0.139. The first-order valence-corrected chi connectivity index (χ1v) is 9.90. The van der Waals surface area contributed by atoms with E-state index in [1.54, 1.807) is 6.07 Å². The first-order valence-electron chi connectivity index (χ1n) is 9.52. The zero-order chi connectivity index (χ0) is 19.8. The third kappa shape index (κ3) is 6.04. The van der Waals surface area contributed by atoms with Gasteiger partial charge in [0.05, 0.1) is 0 Å². The molecule has 2 amide bonds. The number of likely N-dealkylation sites (tertiary alicyclic amines) is 1. The van der Waals surface area contributed by atoms with Gasteiger partial charge in [0.15, 0.2) is 0 Å². The lowest BCUT2D eigenvalue weighted by atomic mass is 9.96. The molecule has 0 radical (unpaired) electrons. The van der Waals surface area contributed by atoms with Crippen LogP contribution in [0.1, 0.15) is 24.0 Å². The highest BCUT2D eigenvalue weighted by molar-refractivity contribution is 6.35. The van der Waals surface area contributed by atoms with Crippen molar-refractivity contribution in [1.29, 1.82) is 0 Å². The van der Waals surface area contributed by atoms with Gasteiger partial charge in [-0.3, -0.25) is 19.5 Å². The Morgan fingerprint density at radius 1 is 1.04 bits per heavy atom. The molecule has 1 aliphatic rings. The number of benzene rings is 1. The summed E-state index contributed by atoms with van der Waals surface area (Å²) in [6, 6.07) is 11.3. The second-order valence-electron chi connectivity index (χ2n) is 7.06. The molecule has 3 rings (SSSR count). The molecule has 0 saturated carbocycles. The van der Waals surface area contributed by atoms with Crippen LogP contribution in [0.15, 0.2) is 48.8 Å². The van der Waals surface area contributed by atoms with Gasteiger partial charge >= 0.3 is 11.8 Å². The number of nitrogens with one attached hydrogen (secondary N) is 2. The number of hydrogen-bond donors (Lipinski definition) is 2. The highest BCUT2D eigenvalue weighted by atomic mass is 35.5. The van der Waals surface area contributed by atoms with E-state index in [0.29, 0.717) is 17.5 Å². The van der Waals surface area contributed by atoms with E-state index in [-0.39, 0.29) is 6.54 Å². The fraction of sp³-hybridized carbons (Fsp3) is 0.381. The molecule has 148 valence electrons. The van der Waals surface area contributed by atoms with E-state index in [0.717, 1.165) is 38.0 Å². The molecule has 1 aromatic carbocycles. The number of piperidine rings is 1. The van der Waals surface area contributed by atoms with E-state index >= 15 is 0 Å². The zero-order valence-corrected chi connectivity index (χ0v) is 16.5. The van der Waals surface area contributed by atoms with E-state index in [1.807, 2.05) is 42.7 Å². The molecular weight excluding hydrogens is 376 g/mol. The van der Waals surface area contributed by atoms with Gasteiger partial charge in [0.1, 0.15) is 0 Å².